The van der Waals surface area contributed by atoms with Crippen LogP contribution in [0.1, 0.15) is 16.0 Å². The van der Waals surface area contributed by atoms with Crippen LogP contribution in [0.5, 0.6) is 0 Å². The van der Waals surface area contributed by atoms with Crippen LogP contribution in [-0.2, 0) is 5.75 Å². The van der Waals surface area contributed by atoms with E-state index in [1.807, 2.05) is 30.8 Å². The largest absolute Gasteiger partial charge is 0.384 e. The quantitative estimate of drug-likeness (QED) is 0.531. The smallest absolute Gasteiger partial charge is 0.187 e. The number of aliphatic hydroxyl groups is 1. The zero-order chi connectivity index (χ0) is 12.8. The molecule has 2 aromatic heterocycles. The molecular formula is C13H12N2OS2. The molecular weight excluding hydrogens is 264 g/mol. The van der Waals surface area contributed by atoms with Gasteiger partial charge < -0.3 is 5.11 Å². The Kier molecular flexibility index (Phi) is 4.76. The van der Waals surface area contributed by atoms with Gasteiger partial charge >= 0.3 is 0 Å². The number of thiophene rings is 1. The number of rotatable bonds is 3. The van der Waals surface area contributed by atoms with Gasteiger partial charge in [-0.25, -0.2) is 9.97 Å². The molecule has 3 nitrogen and oxygen atoms in total. The second kappa shape index (κ2) is 6.55. The molecule has 2 rings (SSSR count). The van der Waals surface area contributed by atoms with Crippen LogP contribution in [0.2, 0.25) is 0 Å². The van der Waals surface area contributed by atoms with E-state index in [1.165, 1.54) is 4.88 Å². The van der Waals surface area contributed by atoms with Gasteiger partial charge in [0.1, 0.15) is 6.61 Å². The zero-order valence-corrected chi connectivity index (χ0v) is 11.5. The summed E-state index contributed by atoms with van der Waals surface area (Å²) in [5, 5.41) is 11.5. The van der Waals surface area contributed by atoms with Crippen LogP contribution in [0, 0.1) is 18.8 Å². The van der Waals surface area contributed by atoms with E-state index in [-0.39, 0.29) is 6.61 Å². The van der Waals surface area contributed by atoms with Crippen LogP contribution in [0.15, 0.2) is 29.0 Å². The molecule has 0 aliphatic carbocycles. The molecule has 0 spiro atoms. The molecule has 0 fully saturated rings. The fourth-order valence-electron chi connectivity index (χ4n) is 1.28. The maximum Gasteiger partial charge on any atom is 0.187 e. The number of hydrogen-bond acceptors (Lipinski definition) is 5. The molecule has 0 amide bonds. The van der Waals surface area contributed by atoms with Gasteiger partial charge in [-0.15, -0.1) is 11.3 Å². The van der Waals surface area contributed by atoms with Crippen molar-refractivity contribution in [3.63, 3.8) is 0 Å². The normalized spacial score (nSPS) is 9.89. The van der Waals surface area contributed by atoms with Crippen LogP contribution < -0.4 is 0 Å². The van der Waals surface area contributed by atoms with E-state index < -0.39 is 0 Å². The molecule has 5 heteroatoms. The Hall–Kier alpha value is -1.35. The summed E-state index contributed by atoms with van der Waals surface area (Å²) in [5.74, 6) is 6.41. The highest BCUT2D eigenvalue weighted by Gasteiger charge is 2.04. The molecule has 0 aliphatic heterocycles. The molecule has 92 valence electrons. The molecule has 0 unspecified atom stereocenters. The van der Waals surface area contributed by atoms with Gasteiger partial charge in [0.15, 0.2) is 5.16 Å². The molecule has 2 heterocycles. The Balaban J connectivity index is 2.02. The molecule has 0 saturated heterocycles. The van der Waals surface area contributed by atoms with Gasteiger partial charge in [0.05, 0.1) is 0 Å². The fourth-order valence-corrected chi connectivity index (χ4v) is 3.02. The van der Waals surface area contributed by atoms with Gasteiger partial charge in [-0.2, -0.15) is 0 Å². The summed E-state index contributed by atoms with van der Waals surface area (Å²) in [6.45, 7) is 1.86. The Morgan fingerprint density at radius 3 is 2.89 bits per heavy atom. The average Bonchev–Trinajstić information content (AvgIpc) is 2.83. The van der Waals surface area contributed by atoms with Crippen molar-refractivity contribution in [2.24, 2.45) is 0 Å². The molecule has 0 aromatic carbocycles. The average molecular weight is 276 g/mol. The highest BCUT2D eigenvalue weighted by molar-refractivity contribution is 7.98. The van der Waals surface area contributed by atoms with Crippen molar-refractivity contribution in [3.05, 3.63) is 39.8 Å². The van der Waals surface area contributed by atoms with E-state index in [4.69, 9.17) is 5.11 Å². The monoisotopic (exact) mass is 276 g/mol. The first-order valence-corrected chi connectivity index (χ1v) is 7.23. The molecule has 0 saturated carbocycles. The third-order valence-corrected chi connectivity index (χ3v) is 4.14. The first-order chi connectivity index (χ1) is 8.79. The third kappa shape index (κ3) is 3.57. The minimum absolute atomic E-state index is 0.108. The van der Waals surface area contributed by atoms with Crippen LogP contribution in [0.25, 0.3) is 0 Å². The van der Waals surface area contributed by atoms with Crippen molar-refractivity contribution >= 4 is 23.1 Å². The summed E-state index contributed by atoms with van der Waals surface area (Å²) < 4.78 is 0. The van der Waals surface area contributed by atoms with E-state index in [1.54, 1.807) is 23.1 Å². The molecule has 0 aliphatic rings. The lowest BCUT2D eigenvalue weighted by Crippen LogP contribution is -1.88. The van der Waals surface area contributed by atoms with Crippen molar-refractivity contribution in [1.29, 1.82) is 0 Å². The second-order valence-corrected chi connectivity index (χ2v) is 5.49. The topological polar surface area (TPSA) is 46.0 Å². The lowest BCUT2D eigenvalue weighted by atomic mass is 10.3. The molecule has 0 bridgehead atoms. The molecule has 1 N–H and O–H groups in total. The Bertz CT molecular complexity index is 567. The highest BCUT2D eigenvalue weighted by Crippen LogP contribution is 2.25. The summed E-state index contributed by atoms with van der Waals surface area (Å²) in [5.41, 5.74) is 2.04. The van der Waals surface area contributed by atoms with E-state index in [2.05, 4.69) is 21.8 Å². The maximum atomic E-state index is 8.69. The summed E-state index contributed by atoms with van der Waals surface area (Å²) >= 11 is 3.25. The van der Waals surface area contributed by atoms with Crippen LogP contribution >= 0.6 is 23.1 Å². The Morgan fingerprint density at radius 1 is 1.39 bits per heavy atom. The SMILES string of the molecule is Cc1cnc(SCc2sccc2C#CCO)nc1. The van der Waals surface area contributed by atoms with E-state index in [9.17, 15) is 0 Å². The van der Waals surface area contributed by atoms with Crippen molar-refractivity contribution < 1.29 is 5.11 Å². The Morgan fingerprint density at radius 2 is 2.17 bits per heavy atom. The van der Waals surface area contributed by atoms with Gasteiger partial charge in [-0.1, -0.05) is 23.6 Å². The minimum Gasteiger partial charge on any atom is -0.384 e. The highest BCUT2D eigenvalue weighted by atomic mass is 32.2. The van der Waals surface area contributed by atoms with Crippen molar-refractivity contribution in [3.8, 4) is 11.8 Å². The summed E-state index contributed by atoms with van der Waals surface area (Å²) in [6, 6.07) is 1.97. The van der Waals surface area contributed by atoms with Gasteiger partial charge in [0, 0.05) is 28.6 Å². The molecule has 0 atom stereocenters. The molecule has 2 aromatic rings. The molecule has 18 heavy (non-hydrogen) atoms. The van der Waals surface area contributed by atoms with Crippen molar-refractivity contribution in [2.75, 3.05) is 6.61 Å². The van der Waals surface area contributed by atoms with E-state index in [0.29, 0.717) is 0 Å². The predicted molar refractivity (Wildman–Crippen MR) is 74.6 cm³/mol. The number of nitrogens with zero attached hydrogens (tertiary/aromatic N) is 2. The number of hydrogen-bond donors (Lipinski definition) is 1. The first-order valence-electron chi connectivity index (χ1n) is 5.37. The summed E-state index contributed by atoms with van der Waals surface area (Å²) in [6.07, 6.45) is 3.63. The van der Waals surface area contributed by atoms with Crippen LogP contribution in [0.3, 0.4) is 0 Å². The van der Waals surface area contributed by atoms with Gasteiger partial charge in [-0.05, 0) is 23.9 Å². The fraction of sp³-hybridized carbons (Fsp3) is 0.231. The third-order valence-electron chi connectivity index (χ3n) is 2.14. The second-order valence-electron chi connectivity index (χ2n) is 3.55. The van der Waals surface area contributed by atoms with Crippen molar-refractivity contribution in [2.45, 2.75) is 17.8 Å². The first kappa shape index (κ1) is 13.1. The molecule has 0 radical (unpaired) electrons. The number of aromatic nitrogens is 2. The summed E-state index contributed by atoms with van der Waals surface area (Å²) in [7, 11) is 0. The lowest BCUT2D eigenvalue weighted by Gasteiger charge is -1.99. The lowest BCUT2D eigenvalue weighted by molar-refractivity contribution is 0.350. The van der Waals surface area contributed by atoms with Crippen molar-refractivity contribution in [1.82, 2.24) is 9.97 Å². The Labute approximate surface area is 114 Å². The van der Waals surface area contributed by atoms with E-state index in [0.717, 1.165) is 22.0 Å². The predicted octanol–water partition coefficient (Wildman–Crippen LogP) is 2.48. The number of aliphatic hydroxyl groups excluding tert-OH is 1. The maximum absolute atomic E-state index is 8.69. The zero-order valence-electron chi connectivity index (χ0n) is 9.88. The number of thioether (sulfide) groups is 1. The van der Waals surface area contributed by atoms with Gasteiger partial charge in [0.25, 0.3) is 0 Å². The minimum atomic E-state index is -0.108. The standard InChI is InChI=1S/C13H12N2OS2/c1-10-7-14-13(15-8-10)18-9-12-11(3-2-5-16)4-6-17-12/h4,6-8,16H,5,9H2,1H3. The summed E-state index contributed by atoms with van der Waals surface area (Å²) in [4.78, 5) is 9.69. The van der Waals surface area contributed by atoms with Crippen LogP contribution in [0.4, 0.5) is 0 Å². The van der Waals surface area contributed by atoms with Crippen LogP contribution in [-0.4, -0.2) is 21.7 Å². The van der Waals surface area contributed by atoms with Gasteiger partial charge in [-0.3, -0.25) is 0 Å². The van der Waals surface area contributed by atoms with E-state index >= 15 is 0 Å². The van der Waals surface area contributed by atoms with Gasteiger partial charge in [0.2, 0.25) is 0 Å². The number of aryl methyl sites for hydroxylation is 1.